The highest BCUT2D eigenvalue weighted by Crippen LogP contribution is 2.37. The average Bonchev–Trinajstić information content (AvgIpc) is 2.32. The molecule has 0 aliphatic carbocycles. The third-order valence-electron chi connectivity index (χ3n) is 2.52. The van der Waals surface area contributed by atoms with Crippen molar-refractivity contribution in [1.29, 1.82) is 0 Å². The van der Waals surface area contributed by atoms with E-state index >= 15 is 0 Å². The summed E-state index contributed by atoms with van der Waals surface area (Å²) in [6, 6.07) is 5.96. The van der Waals surface area contributed by atoms with Crippen molar-refractivity contribution >= 4 is 27.5 Å². The van der Waals surface area contributed by atoms with E-state index in [0.717, 1.165) is 15.7 Å². The molecule has 1 heterocycles. The van der Waals surface area contributed by atoms with E-state index in [-0.39, 0.29) is 11.8 Å². The van der Waals surface area contributed by atoms with Crippen molar-refractivity contribution in [2.45, 2.75) is 12.8 Å². The van der Waals surface area contributed by atoms with Gasteiger partial charge in [-0.15, -0.1) is 0 Å². The average molecular weight is 240 g/mol. The van der Waals surface area contributed by atoms with Gasteiger partial charge >= 0.3 is 0 Å². The summed E-state index contributed by atoms with van der Waals surface area (Å²) in [5.41, 5.74) is 2.14. The topological polar surface area (TPSA) is 20.3 Å². The first-order chi connectivity index (χ1) is 6.11. The molecule has 1 amide bonds. The van der Waals surface area contributed by atoms with Gasteiger partial charge in [-0.2, -0.15) is 0 Å². The van der Waals surface area contributed by atoms with E-state index in [1.807, 2.05) is 32.2 Å². The van der Waals surface area contributed by atoms with Crippen molar-refractivity contribution in [2.24, 2.45) is 0 Å². The van der Waals surface area contributed by atoms with Gasteiger partial charge in [-0.1, -0.05) is 22.0 Å². The standard InChI is InChI=1S/C10H10BrNO/c1-6-8-4-3-7(11)5-9(8)12(2)10(6)13/h3-6H,1-2H3/t6-/m1/s1. The molecule has 0 fully saturated rings. The Morgan fingerprint density at radius 3 is 2.85 bits per heavy atom. The number of rotatable bonds is 0. The van der Waals surface area contributed by atoms with Gasteiger partial charge < -0.3 is 4.90 Å². The van der Waals surface area contributed by atoms with Crippen LogP contribution in [0, 0.1) is 0 Å². The number of nitrogens with zero attached hydrogens (tertiary/aromatic N) is 1. The van der Waals surface area contributed by atoms with Gasteiger partial charge in [0, 0.05) is 17.2 Å². The molecule has 1 aliphatic rings. The highest BCUT2D eigenvalue weighted by atomic mass is 79.9. The van der Waals surface area contributed by atoms with Crippen LogP contribution in [0.5, 0.6) is 0 Å². The quantitative estimate of drug-likeness (QED) is 0.682. The largest absolute Gasteiger partial charge is 0.315 e. The summed E-state index contributed by atoms with van der Waals surface area (Å²) >= 11 is 3.39. The highest BCUT2D eigenvalue weighted by molar-refractivity contribution is 9.10. The number of fused-ring (bicyclic) bond motifs is 1. The van der Waals surface area contributed by atoms with Crippen LogP contribution in [0.25, 0.3) is 0 Å². The van der Waals surface area contributed by atoms with Crippen LogP contribution >= 0.6 is 15.9 Å². The first-order valence-corrected chi connectivity index (χ1v) is 4.97. The van der Waals surface area contributed by atoms with Crippen molar-refractivity contribution in [3.8, 4) is 0 Å². The Hall–Kier alpha value is -0.830. The molecule has 0 bridgehead atoms. The zero-order valence-corrected chi connectivity index (χ0v) is 9.13. The maximum atomic E-state index is 11.6. The summed E-state index contributed by atoms with van der Waals surface area (Å²) in [4.78, 5) is 13.3. The van der Waals surface area contributed by atoms with Gasteiger partial charge in [0.25, 0.3) is 0 Å². The number of hydrogen-bond donors (Lipinski definition) is 0. The number of anilines is 1. The van der Waals surface area contributed by atoms with E-state index in [1.165, 1.54) is 0 Å². The molecule has 68 valence electrons. The lowest BCUT2D eigenvalue weighted by molar-refractivity contribution is -0.118. The predicted molar refractivity (Wildman–Crippen MR) is 56.0 cm³/mol. The molecule has 0 radical (unpaired) electrons. The van der Waals surface area contributed by atoms with Gasteiger partial charge in [-0.3, -0.25) is 4.79 Å². The van der Waals surface area contributed by atoms with E-state index in [1.54, 1.807) is 4.90 Å². The van der Waals surface area contributed by atoms with E-state index in [0.29, 0.717) is 0 Å². The minimum Gasteiger partial charge on any atom is -0.315 e. The van der Waals surface area contributed by atoms with Crippen molar-refractivity contribution in [1.82, 2.24) is 0 Å². The van der Waals surface area contributed by atoms with Crippen LogP contribution in [0.15, 0.2) is 22.7 Å². The second kappa shape index (κ2) is 2.84. The lowest BCUT2D eigenvalue weighted by Crippen LogP contribution is -2.22. The van der Waals surface area contributed by atoms with Gasteiger partial charge in [0.2, 0.25) is 5.91 Å². The van der Waals surface area contributed by atoms with Gasteiger partial charge in [-0.05, 0) is 24.6 Å². The fraction of sp³-hybridized carbons (Fsp3) is 0.300. The molecule has 2 rings (SSSR count). The Balaban J connectivity index is 2.60. The highest BCUT2D eigenvalue weighted by Gasteiger charge is 2.31. The Morgan fingerprint density at radius 2 is 2.15 bits per heavy atom. The molecular formula is C10H10BrNO. The molecule has 3 heteroatoms. The zero-order chi connectivity index (χ0) is 9.59. The Labute approximate surface area is 85.7 Å². The fourth-order valence-electron chi connectivity index (χ4n) is 1.72. The molecule has 0 saturated carbocycles. The Bertz CT molecular complexity index is 375. The zero-order valence-electron chi connectivity index (χ0n) is 7.54. The summed E-state index contributed by atoms with van der Waals surface area (Å²) in [5, 5.41) is 0. The van der Waals surface area contributed by atoms with Crippen molar-refractivity contribution in [3.63, 3.8) is 0 Å². The minimum absolute atomic E-state index is 0.00750. The van der Waals surface area contributed by atoms with Gasteiger partial charge in [-0.25, -0.2) is 0 Å². The van der Waals surface area contributed by atoms with Crippen LogP contribution in [-0.2, 0) is 4.79 Å². The molecule has 1 atom stereocenters. The molecule has 1 aromatic carbocycles. The number of carbonyl (C=O) groups is 1. The summed E-state index contributed by atoms with van der Waals surface area (Å²) in [5.74, 6) is 0.182. The first kappa shape index (κ1) is 8.75. The molecule has 2 nitrogen and oxygen atoms in total. The summed E-state index contributed by atoms with van der Waals surface area (Å²) in [7, 11) is 1.82. The predicted octanol–water partition coefficient (Wildman–Crippen LogP) is 2.53. The normalized spacial score (nSPS) is 20.7. The van der Waals surface area contributed by atoms with Crippen LogP contribution in [0.4, 0.5) is 5.69 Å². The Morgan fingerprint density at radius 1 is 1.46 bits per heavy atom. The summed E-state index contributed by atoms with van der Waals surface area (Å²) in [6.07, 6.45) is 0. The van der Waals surface area contributed by atoms with E-state index in [4.69, 9.17) is 0 Å². The maximum Gasteiger partial charge on any atom is 0.234 e. The van der Waals surface area contributed by atoms with Crippen LogP contribution in [0.3, 0.4) is 0 Å². The SMILES string of the molecule is C[C@H]1C(=O)N(C)c2cc(Br)ccc21. The fourth-order valence-corrected chi connectivity index (χ4v) is 2.06. The molecule has 0 unspecified atom stereocenters. The van der Waals surface area contributed by atoms with Crippen molar-refractivity contribution in [2.75, 3.05) is 11.9 Å². The molecular weight excluding hydrogens is 230 g/mol. The first-order valence-electron chi connectivity index (χ1n) is 4.18. The summed E-state index contributed by atoms with van der Waals surface area (Å²) < 4.78 is 1.01. The third kappa shape index (κ3) is 1.18. The minimum atomic E-state index is 0.00750. The number of benzene rings is 1. The monoisotopic (exact) mass is 239 g/mol. The number of carbonyl (C=O) groups excluding carboxylic acids is 1. The molecule has 1 aliphatic heterocycles. The van der Waals surface area contributed by atoms with Crippen LogP contribution in [0.1, 0.15) is 18.4 Å². The van der Waals surface area contributed by atoms with Crippen molar-refractivity contribution in [3.05, 3.63) is 28.2 Å². The van der Waals surface area contributed by atoms with Crippen LogP contribution < -0.4 is 4.90 Å². The molecule has 0 aromatic heterocycles. The van der Waals surface area contributed by atoms with Gasteiger partial charge in [0.15, 0.2) is 0 Å². The molecule has 0 N–H and O–H groups in total. The molecule has 0 spiro atoms. The number of likely N-dealkylation sites (N-methyl/N-ethyl adjacent to an activating group) is 1. The molecule has 1 aromatic rings. The smallest absolute Gasteiger partial charge is 0.234 e. The maximum absolute atomic E-state index is 11.6. The second-order valence-electron chi connectivity index (χ2n) is 3.32. The number of halogens is 1. The van der Waals surface area contributed by atoms with Gasteiger partial charge in [0.05, 0.1) is 5.92 Å². The van der Waals surface area contributed by atoms with E-state index < -0.39 is 0 Å². The second-order valence-corrected chi connectivity index (χ2v) is 4.24. The van der Waals surface area contributed by atoms with E-state index in [2.05, 4.69) is 15.9 Å². The van der Waals surface area contributed by atoms with Crippen molar-refractivity contribution < 1.29 is 4.79 Å². The Kier molecular flexibility index (Phi) is 1.91. The lowest BCUT2D eigenvalue weighted by Gasteiger charge is -2.09. The lowest BCUT2D eigenvalue weighted by atomic mass is 10.0. The molecule has 13 heavy (non-hydrogen) atoms. The van der Waals surface area contributed by atoms with E-state index in [9.17, 15) is 4.79 Å². The third-order valence-corrected chi connectivity index (χ3v) is 3.01. The summed E-state index contributed by atoms with van der Waals surface area (Å²) in [6.45, 7) is 1.94. The van der Waals surface area contributed by atoms with Gasteiger partial charge in [0.1, 0.15) is 0 Å². The van der Waals surface area contributed by atoms with Crippen LogP contribution in [0.2, 0.25) is 0 Å². The number of amides is 1. The molecule has 0 saturated heterocycles. The number of hydrogen-bond acceptors (Lipinski definition) is 1. The van der Waals surface area contributed by atoms with Crippen LogP contribution in [-0.4, -0.2) is 13.0 Å².